The maximum atomic E-state index is 5.72. The molecule has 4 aromatic carbocycles. The number of hydrogen-bond acceptors (Lipinski definition) is 5. The average molecular weight is 415 g/mol. The van der Waals surface area contributed by atoms with Crippen LogP contribution in [-0.2, 0) is 0 Å². The quantitative estimate of drug-likeness (QED) is 0.364. The monoisotopic (exact) mass is 415 g/mol. The average Bonchev–Trinajstić information content (AvgIpc) is 3.51. The van der Waals surface area contributed by atoms with E-state index in [-0.39, 0.29) is 0 Å². The second kappa shape index (κ2) is 7.59. The predicted molar refractivity (Wildman–Crippen MR) is 125 cm³/mol. The van der Waals surface area contributed by atoms with Gasteiger partial charge in [-0.25, -0.2) is 0 Å². The van der Waals surface area contributed by atoms with Gasteiger partial charge in [0.25, 0.3) is 0 Å². The van der Waals surface area contributed by atoms with E-state index in [4.69, 9.17) is 9.52 Å². The fourth-order valence-electron chi connectivity index (χ4n) is 3.65. The maximum absolute atomic E-state index is 5.72. The van der Waals surface area contributed by atoms with Crippen molar-refractivity contribution in [1.29, 1.82) is 0 Å². The Balaban J connectivity index is 1.25. The van der Waals surface area contributed by atoms with E-state index < -0.39 is 0 Å². The molecule has 0 fully saturated rings. The molecule has 152 valence electrons. The van der Waals surface area contributed by atoms with Gasteiger partial charge in [0.1, 0.15) is 11.0 Å². The number of aromatic nitrogens is 5. The summed E-state index contributed by atoms with van der Waals surface area (Å²) in [6.45, 7) is 0. The van der Waals surface area contributed by atoms with Crippen LogP contribution in [0.3, 0.4) is 0 Å². The van der Waals surface area contributed by atoms with Gasteiger partial charge in [0.15, 0.2) is 0 Å². The van der Waals surface area contributed by atoms with Crippen molar-refractivity contribution in [2.24, 2.45) is 0 Å². The number of benzene rings is 4. The molecule has 0 atom stereocenters. The number of rotatable bonds is 4. The van der Waals surface area contributed by atoms with Crippen molar-refractivity contribution in [2.45, 2.75) is 0 Å². The molecule has 0 N–H and O–H groups in total. The minimum absolute atomic E-state index is 0.458. The summed E-state index contributed by atoms with van der Waals surface area (Å²) in [6.07, 6.45) is 3.74. The number of hydrogen-bond donors (Lipinski definition) is 0. The lowest BCUT2D eigenvalue weighted by Crippen LogP contribution is -1.97. The third-order valence-corrected chi connectivity index (χ3v) is 5.28. The first-order valence-corrected chi connectivity index (χ1v) is 10.3. The minimum Gasteiger partial charge on any atom is -0.417 e. The van der Waals surface area contributed by atoms with Crippen LogP contribution < -0.4 is 0 Å². The SMILES string of the molecule is C(=C\c1nnc(-c2ccccc2)o1)/c1ccc(-n2nc3ccc4ccccc4c3n2)cc1. The van der Waals surface area contributed by atoms with Crippen LogP contribution in [0, 0.1) is 0 Å². The molecule has 0 saturated heterocycles. The van der Waals surface area contributed by atoms with E-state index in [1.165, 1.54) is 0 Å². The van der Waals surface area contributed by atoms with Crippen LogP contribution in [-0.4, -0.2) is 25.2 Å². The summed E-state index contributed by atoms with van der Waals surface area (Å²) >= 11 is 0. The van der Waals surface area contributed by atoms with E-state index in [2.05, 4.69) is 33.5 Å². The molecule has 6 heteroatoms. The van der Waals surface area contributed by atoms with E-state index in [1.807, 2.05) is 78.9 Å². The molecule has 32 heavy (non-hydrogen) atoms. The van der Waals surface area contributed by atoms with Gasteiger partial charge < -0.3 is 4.42 Å². The van der Waals surface area contributed by atoms with Crippen LogP contribution in [0.2, 0.25) is 0 Å². The first-order chi connectivity index (χ1) is 15.8. The highest BCUT2D eigenvalue weighted by Gasteiger charge is 2.08. The summed E-state index contributed by atoms with van der Waals surface area (Å²) in [5, 5.41) is 19.8. The van der Waals surface area contributed by atoms with Crippen LogP contribution in [0.4, 0.5) is 0 Å². The molecule has 6 nitrogen and oxygen atoms in total. The lowest BCUT2D eigenvalue weighted by molar-refractivity contribution is 0.558. The molecule has 0 aliphatic rings. The Labute approximate surface area is 183 Å². The van der Waals surface area contributed by atoms with Gasteiger partial charge in [-0.1, -0.05) is 60.7 Å². The van der Waals surface area contributed by atoms with Gasteiger partial charge in [-0.05, 0) is 47.4 Å². The number of fused-ring (bicyclic) bond motifs is 3. The van der Waals surface area contributed by atoms with Gasteiger partial charge in [0.2, 0.25) is 11.8 Å². The molecule has 6 aromatic rings. The highest BCUT2D eigenvalue weighted by Crippen LogP contribution is 2.23. The molecule has 0 bridgehead atoms. The summed E-state index contributed by atoms with van der Waals surface area (Å²) in [6, 6.07) is 30.0. The Hall–Kier alpha value is -4.58. The van der Waals surface area contributed by atoms with Crippen LogP contribution in [0.5, 0.6) is 0 Å². The molecular weight excluding hydrogens is 398 g/mol. The normalized spacial score (nSPS) is 11.6. The first-order valence-electron chi connectivity index (χ1n) is 10.3. The molecule has 0 amide bonds. The fraction of sp³-hybridized carbons (Fsp3) is 0. The standard InChI is InChI=1S/C26H17N5O/c1-2-7-20(8-3-1)26-28-27-24(32-26)17-12-18-10-14-21(15-11-18)31-29-23-16-13-19-6-4-5-9-22(19)25(23)30-31/h1-17H/b17-12+. The van der Waals surface area contributed by atoms with Crippen LogP contribution in [0.25, 0.3) is 51.1 Å². The zero-order valence-electron chi connectivity index (χ0n) is 17.0. The van der Waals surface area contributed by atoms with E-state index in [0.717, 1.165) is 38.6 Å². The first kappa shape index (κ1) is 18.2. The topological polar surface area (TPSA) is 69.6 Å². The third kappa shape index (κ3) is 3.33. The summed E-state index contributed by atoms with van der Waals surface area (Å²) in [5.41, 5.74) is 4.58. The molecule has 0 unspecified atom stereocenters. The van der Waals surface area contributed by atoms with Crippen molar-refractivity contribution in [2.75, 3.05) is 0 Å². The second-order valence-electron chi connectivity index (χ2n) is 7.38. The zero-order chi connectivity index (χ0) is 21.3. The van der Waals surface area contributed by atoms with E-state index in [1.54, 1.807) is 10.9 Å². The van der Waals surface area contributed by atoms with Crippen LogP contribution >= 0.6 is 0 Å². The molecule has 2 heterocycles. The summed E-state index contributed by atoms with van der Waals surface area (Å²) < 4.78 is 5.72. The fourth-order valence-corrected chi connectivity index (χ4v) is 3.65. The molecule has 0 radical (unpaired) electrons. The minimum atomic E-state index is 0.458. The second-order valence-corrected chi connectivity index (χ2v) is 7.38. The van der Waals surface area contributed by atoms with Gasteiger partial charge in [0.05, 0.1) is 5.69 Å². The van der Waals surface area contributed by atoms with E-state index >= 15 is 0 Å². The Kier molecular flexibility index (Phi) is 4.32. The van der Waals surface area contributed by atoms with Gasteiger partial charge >= 0.3 is 0 Å². The molecule has 0 aliphatic carbocycles. The maximum Gasteiger partial charge on any atom is 0.248 e. The lowest BCUT2D eigenvalue weighted by atomic mass is 10.1. The van der Waals surface area contributed by atoms with Crippen molar-refractivity contribution >= 4 is 34.0 Å². The summed E-state index contributed by atoms with van der Waals surface area (Å²) in [5.74, 6) is 0.963. The van der Waals surface area contributed by atoms with E-state index in [9.17, 15) is 0 Å². The van der Waals surface area contributed by atoms with Crippen molar-refractivity contribution in [3.05, 3.63) is 102 Å². The Morgan fingerprint density at radius 3 is 2.38 bits per heavy atom. The summed E-state index contributed by atoms with van der Waals surface area (Å²) in [4.78, 5) is 1.68. The van der Waals surface area contributed by atoms with Crippen molar-refractivity contribution in [3.63, 3.8) is 0 Å². The Morgan fingerprint density at radius 2 is 1.50 bits per heavy atom. The van der Waals surface area contributed by atoms with Crippen LogP contribution in [0.1, 0.15) is 11.5 Å². The highest BCUT2D eigenvalue weighted by atomic mass is 16.4. The largest absolute Gasteiger partial charge is 0.417 e. The Morgan fingerprint density at radius 1 is 0.688 bits per heavy atom. The van der Waals surface area contributed by atoms with Gasteiger partial charge in [-0.2, -0.15) is 4.80 Å². The molecule has 0 spiro atoms. The summed E-state index contributed by atoms with van der Waals surface area (Å²) in [7, 11) is 0. The molecule has 6 rings (SSSR count). The Bertz CT molecular complexity index is 1560. The smallest absolute Gasteiger partial charge is 0.248 e. The van der Waals surface area contributed by atoms with Crippen LogP contribution in [0.15, 0.2) is 95.4 Å². The van der Waals surface area contributed by atoms with Crippen molar-refractivity contribution < 1.29 is 4.42 Å². The van der Waals surface area contributed by atoms with E-state index in [0.29, 0.717) is 11.8 Å². The molecule has 2 aromatic heterocycles. The molecule has 0 aliphatic heterocycles. The lowest BCUT2D eigenvalue weighted by Gasteiger charge is -1.99. The predicted octanol–water partition coefficient (Wildman–Crippen LogP) is 5.79. The van der Waals surface area contributed by atoms with Gasteiger partial charge in [0, 0.05) is 17.0 Å². The molecule has 0 saturated carbocycles. The number of nitrogens with zero attached hydrogens (tertiary/aromatic N) is 5. The van der Waals surface area contributed by atoms with Gasteiger partial charge in [-0.3, -0.25) is 0 Å². The zero-order valence-corrected chi connectivity index (χ0v) is 17.0. The van der Waals surface area contributed by atoms with Crippen molar-refractivity contribution in [1.82, 2.24) is 25.2 Å². The third-order valence-electron chi connectivity index (χ3n) is 5.28. The molecular formula is C26H17N5O. The van der Waals surface area contributed by atoms with Crippen molar-refractivity contribution in [3.8, 4) is 17.1 Å². The highest BCUT2D eigenvalue weighted by molar-refractivity contribution is 6.03. The van der Waals surface area contributed by atoms with Gasteiger partial charge in [-0.15, -0.1) is 20.4 Å².